The molecule has 0 aliphatic carbocycles. The number of aliphatic carboxylic acids is 1. The van der Waals surface area contributed by atoms with Crippen molar-refractivity contribution in [3.8, 4) is 0 Å². The molecular formula is C31H26N4O4S. The van der Waals surface area contributed by atoms with Crippen LogP contribution in [0.15, 0.2) is 113 Å². The summed E-state index contributed by atoms with van der Waals surface area (Å²) in [4.78, 5) is 37.4. The number of fused-ring (bicyclic) bond motifs is 2. The number of aromatic amines is 1. The van der Waals surface area contributed by atoms with Crippen LogP contribution in [-0.4, -0.2) is 37.1 Å². The van der Waals surface area contributed by atoms with Gasteiger partial charge in [0.15, 0.2) is 6.10 Å². The van der Waals surface area contributed by atoms with Crippen LogP contribution in [0.4, 0.5) is 0 Å². The van der Waals surface area contributed by atoms with Crippen LogP contribution in [-0.2, 0) is 16.1 Å². The molecule has 2 N–H and O–H groups in total. The van der Waals surface area contributed by atoms with E-state index in [4.69, 9.17) is 4.84 Å². The maximum Gasteiger partial charge on any atom is 0.327 e. The van der Waals surface area contributed by atoms with Gasteiger partial charge in [-0.3, -0.25) is 9.36 Å². The molecule has 8 nitrogen and oxygen atoms in total. The lowest BCUT2D eigenvalue weighted by Crippen LogP contribution is -2.30. The summed E-state index contributed by atoms with van der Waals surface area (Å²) in [6.07, 6.45) is 5.78. The molecule has 2 unspecified atom stereocenters. The minimum atomic E-state index is -1.00. The maximum absolute atomic E-state index is 13.2. The Morgan fingerprint density at radius 3 is 2.60 bits per heavy atom. The number of nitrogens with one attached hydrogen (secondary N) is 1. The van der Waals surface area contributed by atoms with Crippen molar-refractivity contribution >= 4 is 34.2 Å². The van der Waals surface area contributed by atoms with Crippen LogP contribution in [0.3, 0.4) is 0 Å². The Hall–Kier alpha value is -4.63. The molecular weight excluding hydrogens is 524 g/mol. The second-order valence-corrected chi connectivity index (χ2v) is 10.5. The molecule has 3 aromatic carbocycles. The van der Waals surface area contributed by atoms with Crippen molar-refractivity contribution in [1.29, 1.82) is 0 Å². The van der Waals surface area contributed by atoms with Gasteiger partial charge < -0.3 is 14.9 Å². The Balaban J connectivity index is 0.000000523. The summed E-state index contributed by atoms with van der Waals surface area (Å²) in [5, 5.41) is 17.0. The van der Waals surface area contributed by atoms with E-state index in [-0.39, 0.29) is 5.56 Å². The highest BCUT2D eigenvalue weighted by Crippen LogP contribution is 2.43. The number of carboxylic acids is 1. The van der Waals surface area contributed by atoms with Crippen molar-refractivity contribution in [1.82, 2.24) is 14.5 Å². The summed E-state index contributed by atoms with van der Waals surface area (Å²) < 4.78 is 1.42. The smallest absolute Gasteiger partial charge is 0.327 e. The van der Waals surface area contributed by atoms with Gasteiger partial charge in [0.1, 0.15) is 6.04 Å². The number of H-pyrrole nitrogens is 1. The molecule has 2 aliphatic rings. The molecule has 0 saturated carbocycles. The van der Waals surface area contributed by atoms with E-state index in [0.29, 0.717) is 23.6 Å². The summed E-state index contributed by atoms with van der Waals surface area (Å²) >= 11 is 1.41. The fourth-order valence-corrected chi connectivity index (χ4v) is 6.59. The predicted molar refractivity (Wildman–Crippen MR) is 155 cm³/mol. The first-order valence-electron chi connectivity index (χ1n) is 12.9. The van der Waals surface area contributed by atoms with Crippen LogP contribution in [0.25, 0.3) is 10.8 Å². The Labute approximate surface area is 234 Å². The topological polar surface area (TPSA) is 110 Å². The van der Waals surface area contributed by atoms with Gasteiger partial charge in [-0.1, -0.05) is 78.0 Å². The number of carboxylic acid groups (broad SMARTS) is 1. The normalized spacial score (nSPS) is 17.4. The monoisotopic (exact) mass is 550 g/mol. The highest BCUT2D eigenvalue weighted by atomic mass is 32.2. The second kappa shape index (κ2) is 11.2. The van der Waals surface area contributed by atoms with E-state index in [2.05, 4.69) is 39.4 Å². The lowest BCUT2D eigenvalue weighted by Gasteiger charge is -2.20. The zero-order valence-corrected chi connectivity index (χ0v) is 22.3. The fourth-order valence-electron chi connectivity index (χ4n) is 5.21. The van der Waals surface area contributed by atoms with E-state index in [0.717, 1.165) is 38.7 Å². The number of hydrogen-bond acceptors (Lipinski definition) is 6. The van der Waals surface area contributed by atoms with Gasteiger partial charge in [-0.05, 0) is 33.9 Å². The standard InChI is InChI=1S/C28H22N2O4S.C3H4N2/c31-25-14-20(13-19-11-6-10-17-7-4-5-12-21(17)19)26(27-30(25)23(16-35-27)28(32)33)24-15-22(29-34-24)18-8-2-1-3-9-18;1-2-5-3-4-1/h1-12,14,23-24H,13,15-16H2,(H,32,33);1-3H,(H,4,5). The van der Waals surface area contributed by atoms with Gasteiger partial charge in [0.05, 0.1) is 17.1 Å². The van der Waals surface area contributed by atoms with Crippen molar-refractivity contribution in [3.63, 3.8) is 0 Å². The molecule has 0 saturated heterocycles. The minimum absolute atomic E-state index is 0.293. The van der Waals surface area contributed by atoms with E-state index in [9.17, 15) is 14.7 Å². The molecule has 0 fully saturated rings. The molecule has 200 valence electrons. The molecule has 0 bridgehead atoms. The van der Waals surface area contributed by atoms with Crippen molar-refractivity contribution in [3.05, 3.63) is 130 Å². The highest BCUT2D eigenvalue weighted by Gasteiger charge is 2.37. The van der Waals surface area contributed by atoms with E-state index < -0.39 is 18.1 Å². The van der Waals surface area contributed by atoms with Crippen molar-refractivity contribution in [2.24, 2.45) is 5.16 Å². The molecule has 9 heteroatoms. The summed E-state index contributed by atoms with van der Waals surface area (Å²) in [6.45, 7) is 0. The number of benzene rings is 3. The minimum Gasteiger partial charge on any atom is -0.480 e. The first-order valence-corrected chi connectivity index (χ1v) is 13.9. The van der Waals surface area contributed by atoms with Crippen LogP contribution in [0.5, 0.6) is 0 Å². The van der Waals surface area contributed by atoms with Gasteiger partial charge in [0, 0.05) is 36.2 Å². The van der Waals surface area contributed by atoms with Gasteiger partial charge in [0.2, 0.25) is 0 Å². The number of rotatable bonds is 5. The van der Waals surface area contributed by atoms with Gasteiger partial charge in [-0.25, -0.2) is 9.78 Å². The van der Waals surface area contributed by atoms with E-state index in [1.165, 1.54) is 16.3 Å². The number of hydrogen-bond donors (Lipinski definition) is 2. The lowest BCUT2D eigenvalue weighted by molar-refractivity contribution is -0.140. The van der Waals surface area contributed by atoms with E-state index in [1.807, 2.05) is 48.5 Å². The Morgan fingerprint density at radius 2 is 1.85 bits per heavy atom. The third-order valence-electron chi connectivity index (χ3n) is 7.07. The summed E-state index contributed by atoms with van der Waals surface area (Å²) in [7, 11) is 0. The number of aromatic nitrogens is 3. The summed E-state index contributed by atoms with van der Waals surface area (Å²) in [5.41, 5.74) is 4.36. The zero-order chi connectivity index (χ0) is 27.5. The fraction of sp³-hybridized carbons (Fsp3) is 0.161. The highest BCUT2D eigenvalue weighted by molar-refractivity contribution is 7.99. The van der Waals surface area contributed by atoms with Crippen LogP contribution in [0.2, 0.25) is 0 Å². The predicted octanol–water partition coefficient (Wildman–Crippen LogP) is 5.60. The molecule has 5 aromatic rings. The van der Waals surface area contributed by atoms with Crippen molar-refractivity contribution in [2.75, 3.05) is 5.75 Å². The van der Waals surface area contributed by atoms with E-state index >= 15 is 0 Å². The van der Waals surface area contributed by atoms with Gasteiger partial charge >= 0.3 is 5.97 Å². The second-order valence-electron chi connectivity index (χ2n) is 9.54. The molecule has 0 radical (unpaired) electrons. The Morgan fingerprint density at radius 1 is 1.05 bits per heavy atom. The van der Waals surface area contributed by atoms with Crippen molar-refractivity contribution in [2.45, 2.75) is 30.0 Å². The van der Waals surface area contributed by atoms with Crippen LogP contribution in [0, 0.1) is 0 Å². The van der Waals surface area contributed by atoms with Crippen LogP contribution in [0.1, 0.15) is 40.8 Å². The average Bonchev–Trinajstić information content (AvgIpc) is 3.77. The molecule has 2 aromatic heterocycles. The SMILES string of the molecule is O=C(O)C1CSc2c(C3CC(c4ccccc4)=NO3)c(Cc3cccc4ccccc34)cc(=O)n21.c1c[nH]cn1. The van der Waals surface area contributed by atoms with E-state index in [1.54, 1.807) is 24.8 Å². The third-order valence-corrected chi connectivity index (χ3v) is 8.24. The molecule has 0 amide bonds. The van der Waals surface area contributed by atoms with Gasteiger partial charge in [0.25, 0.3) is 5.56 Å². The van der Waals surface area contributed by atoms with Gasteiger partial charge in [-0.2, -0.15) is 0 Å². The molecule has 2 atom stereocenters. The lowest BCUT2D eigenvalue weighted by atomic mass is 9.92. The quantitative estimate of drug-likeness (QED) is 0.295. The zero-order valence-electron chi connectivity index (χ0n) is 21.4. The van der Waals surface area contributed by atoms with Gasteiger partial charge in [-0.15, -0.1) is 11.8 Å². The first-order chi connectivity index (χ1) is 19.6. The molecule has 4 heterocycles. The summed E-state index contributed by atoms with van der Waals surface area (Å²) in [5.74, 6) is -0.686. The number of carbonyl (C=O) groups is 1. The average molecular weight is 551 g/mol. The Kier molecular flexibility index (Phi) is 7.20. The van der Waals surface area contributed by atoms with Crippen molar-refractivity contribution < 1.29 is 14.7 Å². The van der Waals surface area contributed by atoms with Crippen LogP contribution >= 0.6 is 11.8 Å². The first kappa shape index (κ1) is 25.6. The number of imidazole rings is 1. The third kappa shape index (κ3) is 5.03. The number of oxime groups is 1. The summed E-state index contributed by atoms with van der Waals surface area (Å²) in [6, 6.07) is 24.9. The Bertz CT molecular complexity index is 1730. The molecule has 2 aliphatic heterocycles. The molecule has 40 heavy (non-hydrogen) atoms. The molecule has 7 rings (SSSR count). The largest absolute Gasteiger partial charge is 0.480 e. The van der Waals surface area contributed by atoms with Crippen LogP contribution < -0.4 is 5.56 Å². The maximum atomic E-state index is 13.2. The molecule has 0 spiro atoms. The number of pyridine rings is 1. The number of thioether (sulfide) groups is 1. The number of nitrogens with zero attached hydrogens (tertiary/aromatic N) is 3.